The minimum atomic E-state index is 0. The predicted octanol–water partition coefficient (Wildman–Crippen LogP) is 3.52. The topological polar surface area (TPSA) is 17.1 Å². The first-order valence-corrected chi connectivity index (χ1v) is 4.46. The van der Waals surface area contributed by atoms with Gasteiger partial charge in [0.15, 0.2) is 5.78 Å². The summed E-state index contributed by atoms with van der Waals surface area (Å²) in [7, 11) is 0. The number of hydrogen-bond acceptors (Lipinski definition) is 1. The van der Waals surface area contributed by atoms with E-state index in [-0.39, 0.29) is 18.2 Å². The van der Waals surface area contributed by atoms with Gasteiger partial charge in [-0.25, -0.2) is 0 Å². The Bertz CT molecular complexity index is 130. The second-order valence-corrected chi connectivity index (χ2v) is 2.78. The average molecular weight is 191 g/mol. The number of carbonyl (C=O) groups excluding carboxylic acids is 1. The van der Waals surface area contributed by atoms with Gasteiger partial charge in [-0.05, 0) is 19.4 Å². The lowest BCUT2D eigenvalue weighted by atomic mass is 10.1. The third-order valence-electron chi connectivity index (χ3n) is 1.63. The number of hydrogen-bond donors (Lipinski definition) is 0. The van der Waals surface area contributed by atoms with Crippen molar-refractivity contribution in [2.24, 2.45) is 0 Å². The van der Waals surface area contributed by atoms with E-state index in [1.54, 1.807) is 6.08 Å². The van der Waals surface area contributed by atoms with E-state index in [0.29, 0.717) is 0 Å². The van der Waals surface area contributed by atoms with Gasteiger partial charge in [0.2, 0.25) is 0 Å². The summed E-state index contributed by atoms with van der Waals surface area (Å²) in [6.45, 7) is 4.05. The van der Waals surface area contributed by atoms with Gasteiger partial charge in [-0.3, -0.25) is 4.79 Å². The van der Waals surface area contributed by atoms with Gasteiger partial charge in [0.1, 0.15) is 0 Å². The van der Waals surface area contributed by atoms with Crippen molar-refractivity contribution >= 4 is 18.2 Å². The van der Waals surface area contributed by atoms with E-state index in [0.717, 1.165) is 12.8 Å². The summed E-state index contributed by atoms with van der Waals surface area (Å²) in [6.07, 6.45) is 8.93. The molecule has 72 valence electrons. The Morgan fingerprint density at radius 1 is 1.25 bits per heavy atom. The number of unbranched alkanes of at least 4 members (excludes halogenated alkanes) is 3. The van der Waals surface area contributed by atoms with Crippen LogP contribution in [-0.4, -0.2) is 5.78 Å². The zero-order valence-electron chi connectivity index (χ0n) is 8.01. The van der Waals surface area contributed by atoms with Gasteiger partial charge in [0.05, 0.1) is 0 Å². The summed E-state index contributed by atoms with van der Waals surface area (Å²) in [6, 6.07) is 0. The largest absolute Gasteiger partial charge is 0.295 e. The van der Waals surface area contributed by atoms with Crippen LogP contribution in [0.2, 0.25) is 0 Å². The van der Waals surface area contributed by atoms with E-state index in [2.05, 4.69) is 6.92 Å². The van der Waals surface area contributed by atoms with Crippen LogP contribution >= 0.6 is 12.4 Å². The molecule has 0 radical (unpaired) electrons. The molecule has 0 saturated heterocycles. The molecule has 0 aliphatic carbocycles. The van der Waals surface area contributed by atoms with E-state index in [9.17, 15) is 4.79 Å². The zero-order chi connectivity index (χ0) is 8.53. The van der Waals surface area contributed by atoms with Crippen LogP contribution in [0.15, 0.2) is 12.2 Å². The van der Waals surface area contributed by atoms with Gasteiger partial charge in [0, 0.05) is 6.42 Å². The van der Waals surface area contributed by atoms with Crippen molar-refractivity contribution in [3.8, 4) is 0 Å². The van der Waals surface area contributed by atoms with E-state index in [4.69, 9.17) is 0 Å². The van der Waals surface area contributed by atoms with Crippen molar-refractivity contribution in [3.63, 3.8) is 0 Å². The Morgan fingerprint density at radius 2 is 1.92 bits per heavy atom. The van der Waals surface area contributed by atoms with Crippen molar-refractivity contribution < 1.29 is 4.79 Å². The summed E-state index contributed by atoms with van der Waals surface area (Å²) in [5, 5.41) is 0. The molecule has 0 aromatic carbocycles. The zero-order valence-corrected chi connectivity index (χ0v) is 8.82. The molecule has 0 spiro atoms. The highest BCUT2D eigenvalue weighted by atomic mass is 35.5. The Balaban J connectivity index is 0. The maximum Gasteiger partial charge on any atom is 0.155 e. The van der Waals surface area contributed by atoms with Crippen molar-refractivity contribution in [2.45, 2.75) is 46.0 Å². The first kappa shape index (κ1) is 14.2. The van der Waals surface area contributed by atoms with Crippen LogP contribution in [0, 0.1) is 0 Å². The standard InChI is InChI=1S/C10H18O.ClH/c1-3-5-6-7-9-10(11)8-4-2;/h4,8H,3,5-7,9H2,1-2H3;1H. The molecule has 0 saturated carbocycles. The van der Waals surface area contributed by atoms with Crippen LogP contribution in [-0.2, 0) is 4.79 Å². The summed E-state index contributed by atoms with van der Waals surface area (Å²) < 4.78 is 0. The van der Waals surface area contributed by atoms with Crippen molar-refractivity contribution in [1.82, 2.24) is 0 Å². The summed E-state index contributed by atoms with van der Waals surface area (Å²) in [4.78, 5) is 10.9. The fourth-order valence-corrected chi connectivity index (χ4v) is 0.995. The third kappa shape index (κ3) is 9.70. The quantitative estimate of drug-likeness (QED) is 0.463. The van der Waals surface area contributed by atoms with Gasteiger partial charge in [-0.1, -0.05) is 32.3 Å². The lowest BCUT2D eigenvalue weighted by Crippen LogP contribution is -1.91. The SMILES string of the molecule is CC=CC(=O)CCCCCC.Cl. The first-order valence-electron chi connectivity index (χ1n) is 4.46. The van der Waals surface area contributed by atoms with Gasteiger partial charge in [0.25, 0.3) is 0 Å². The molecule has 1 nitrogen and oxygen atoms in total. The lowest BCUT2D eigenvalue weighted by Gasteiger charge is -1.94. The fourth-order valence-electron chi connectivity index (χ4n) is 0.995. The maximum atomic E-state index is 10.9. The van der Waals surface area contributed by atoms with E-state index < -0.39 is 0 Å². The van der Waals surface area contributed by atoms with Crippen molar-refractivity contribution in [2.75, 3.05) is 0 Å². The molecule has 0 aliphatic rings. The van der Waals surface area contributed by atoms with Crippen LogP contribution in [0.4, 0.5) is 0 Å². The van der Waals surface area contributed by atoms with Gasteiger partial charge in [-0.2, -0.15) is 0 Å². The molecule has 0 amide bonds. The summed E-state index contributed by atoms with van der Waals surface area (Å²) in [5.74, 6) is 0.267. The summed E-state index contributed by atoms with van der Waals surface area (Å²) >= 11 is 0. The molecule has 2 heteroatoms. The van der Waals surface area contributed by atoms with Crippen LogP contribution in [0.1, 0.15) is 46.0 Å². The minimum Gasteiger partial charge on any atom is -0.295 e. The van der Waals surface area contributed by atoms with E-state index >= 15 is 0 Å². The van der Waals surface area contributed by atoms with Crippen LogP contribution in [0.25, 0.3) is 0 Å². The summed E-state index contributed by atoms with van der Waals surface area (Å²) in [5.41, 5.74) is 0. The van der Waals surface area contributed by atoms with Crippen molar-refractivity contribution in [1.29, 1.82) is 0 Å². The third-order valence-corrected chi connectivity index (χ3v) is 1.63. The van der Waals surface area contributed by atoms with Crippen LogP contribution in [0.3, 0.4) is 0 Å². The average Bonchev–Trinajstić information content (AvgIpc) is 1.99. The number of ketones is 1. The molecule has 0 rings (SSSR count). The van der Waals surface area contributed by atoms with E-state index in [1.807, 2.05) is 13.0 Å². The molecule has 12 heavy (non-hydrogen) atoms. The Morgan fingerprint density at radius 3 is 2.42 bits per heavy atom. The Labute approximate surface area is 81.6 Å². The highest BCUT2D eigenvalue weighted by Gasteiger charge is 1.94. The molecule has 0 aromatic rings. The molecule has 0 atom stereocenters. The number of allylic oxidation sites excluding steroid dienone is 2. The first-order chi connectivity index (χ1) is 5.31. The maximum absolute atomic E-state index is 10.9. The van der Waals surface area contributed by atoms with Crippen LogP contribution in [0.5, 0.6) is 0 Å². The predicted molar refractivity (Wildman–Crippen MR) is 55.8 cm³/mol. The van der Waals surface area contributed by atoms with Crippen molar-refractivity contribution in [3.05, 3.63) is 12.2 Å². The fraction of sp³-hybridized carbons (Fsp3) is 0.700. The smallest absolute Gasteiger partial charge is 0.155 e. The highest BCUT2D eigenvalue weighted by molar-refractivity contribution is 5.89. The molecule has 0 unspecified atom stereocenters. The monoisotopic (exact) mass is 190 g/mol. The normalized spacial score (nSPS) is 9.83. The van der Waals surface area contributed by atoms with Gasteiger partial charge < -0.3 is 0 Å². The molecule has 0 heterocycles. The number of rotatable bonds is 6. The molecule has 0 bridgehead atoms. The minimum absolute atomic E-state index is 0. The van der Waals surface area contributed by atoms with Gasteiger partial charge >= 0.3 is 0 Å². The van der Waals surface area contributed by atoms with Crippen LogP contribution < -0.4 is 0 Å². The second kappa shape index (κ2) is 10.7. The molecule has 0 aliphatic heterocycles. The number of halogens is 1. The Kier molecular flexibility index (Phi) is 12.7. The van der Waals surface area contributed by atoms with Gasteiger partial charge in [-0.15, -0.1) is 12.4 Å². The molecule has 0 fully saturated rings. The number of carbonyl (C=O) groups is 1. The second-order valence-electron chi connectivity index (χ2n) is 2.78. The Hall–Kier alpha value is -0.300. The lowest BCUT2D eigenvalue weighted by molar-refractivity contribution is -0.114. The molecule has 0 N–H and O–H groups in total. The van der Waals surface area contributed by atoms with E-state index in [1.165, 1.54) is 19.3 Å². The highest BCUT2D eigenvalue weighted by Crippen LogP contribution is 2.02. The molecule has 0 aromatic heterocycles. The molecular formula is C10H19ClO. The molecular weight excluding hydrogens is 172 g/mol.